The van der Waals surface area contributed by atoms with Crippen molar-refractivity contribution in [1.29, 1.82) is 0 Å². The molecule has 0 spiro atoms. The van der Waals surface area contributed by atoms with Crippen LogP contribution in [0, 0.1) is 0 Å². The van der Waals surface area contributed by atoms with Crippen molar-refractivity contribution in [3.05, 3.63) is 0 Å². The molecule has 7 nitrogen and oxygen atoms in total. The summed E-state index contributed by atoms with van der Waals surface area (Å²) in [4.78, 5) is 34.7. The zero-order valence-electron chi connectivity index (χ0n) is 11.9. The van der Waals surface area contributed by atoms with Crippen LogP contribution in [0.4, 0.5) is 4.79 Å². The molecule has 0 aliphatic rings. The van der Waals surface area contributed by atoms with Crippen molar-refractivity contribution in [3.63, 3.8) is 0 Å². The third kappa shape index (κ3) is 8.01. The Morgan fingerprint density at radius 1 is 1.32 bits per heavy atom. The van der Waals surface area contributed by atoms with E-state index in [1.165, 1.54) is 12.0 Å². The van der Waals surface area contributed by atoms with Crippen LogP contribution in [0.3, 0.4) is 0 Å². The largest absolute Gasteiger partial charge is 0.481 e. The van der Waals surface area contributed by atoms with Crippen molar-refractivity contribution in [2.75, 3.05) is 20.7 Å². The molecule has 0 aromatic carbocycles. The Balaban J connectivity index is 4.12. The molecule has 0 fully saturated rings. The molecule has 0 aromatic heterocycles. The number of carbonyl (C=O) groups excluding carboxylic acids is 2. The van der Waals surface area contributed by atoms with Gasteiger partial charge in [-0.05, 0) is 20.3 Å². The second-order valence-electron chi connectivity index (χ2n) is 4.99. The summed E-state index contributed by atoms with van der Waals surface area (Å²) in [5, 5.41) is 11.3. The van der Waals surface area contributed by atoms with Gasteiger partial charge < -0.3 is 20.1 Å². The van der Waals surface area contributed by atoms with Gasteiger partial charge in [-0.25, -0.2) is 4.79 Å². The highest BCUT2D eigenvalue weighted by Gasteiger charge is 2.25. The fourth-order valence-electron chi connectivity index (χ4n) is 1.47. The maximum absolute atomic E-state index is 11.8. The Hall–Kier alpha value is -1.79. The molecule has 0 rings (SSSR count). The molecule has 0 saturated carbocycles. The summed E-state index contributed by atoms with van der Waals surface area (Å²) < 4.78 is 4.49. The zero-order chi connectivity index (χ0) is 15.1. The molecule has 0 aromatic rings. The summed E-state index contributed by atoms with van der Waals surface area (Å²) in [6, 6.07) is -0.365. The van der Waals surface area contributed by atoms with Crippen LogP contribution >= 0.6 is 0 Å². The lowest BCUT2D eigenvalue weighted by Gasteiger charge is -2.28. The van der Waals surface area contributed by atoms with E-state index in [2.05, 4.69) is 10.1 Å². The molecule has 2 N–H and O–H groups in total. The van der Waals surface area contributed by atoms with Gasteiger partial charge in [0, 0.05) is 25.6 Å². The highest BCUT2D eigenvalue weighted by molar-refractivity contribution is 5.76. The third-order valence-electron chi connectivity index (χ3n) is 2.49. The number of urea groups is 1. The van der Waals surface area contributed by atoms with Crippen LogP contribution in [0.5, 0.6) is 0 Å². The second-order valence-corrected chi connectivity index (χ2v) is 4.99. The molecule has 0 aliphatic heterocycles. The van der Waals surface area contributed by atoms with Crippen molar-refractivity contribution in [1.82, 2.24) is 10.2 Å². The standard InChI is InChI=1S/C12H22N2O5/c1-12(2,8-9(15)16)13-11(18)14(3)7-5-6-10(17)19-4/h5-8H2,1-4H3,(H,13,18)(H,15,16). The topological polar surface area (TPSA) is 95.9 Å². The van der Waals surface area contributed by atoms with Gasteiger partial charge in [0.15, 0.2) is 0 Å². The number of nitrogens with one attached hydrogen (secondary N) is 1. The minimum absolute atomic E-state index is 0.158. The third-order valence-corrected chi connectivity index (χ3v) is 2.49. The van der Waals surface area contributed by atoms with Crippen LogP contribution in [0.2, 0.25) is 0 Å². The first-order chi connectivity index (χ1) is 8.68. The Bertz CT molecular complexity index is 341. The molecule has 0 aliphatic carbocycles. The van der Waals surface area contributed by atoms with E-state index in [4.69, 9.17) is 5.11 Å². The van der Waals surface area contributed by atoms with Gasteiger partial charge in [0.25, 0.3) is 0 Å². The lowest BCUT2D eigenvalue weighted by atomic mass is 10.0. The normalized spacial score (nSPS) is 10.7. The monoisotopic (exact) mass is 274 g/mol. The van der Waals surface area contributed by atoms with E-state index in [-0.39, 0.29) is 24.8 Å². The molecule has 0 heterocycles. The number of rotatable bonds is 7. The smallest absolute Gasteiger partial charge is 0.317 e. The molecule has 0 bridgehead atoms. The minimum Gasteiger partial charge on any atom is -0.481 e. The highest BCUT2D eigenvalue weighted by atomic mass is 16.5. The first-order valence-corrected chi connectivity index (χ1v) is 6.00. The van der Waals surface area contributed by atoms with Gasteiger partial charge >= 0.3 is 18.0 Å². The molecule has 19 heavy (non-hydrogen) atoms. The Kier molecular flexibility index (Phi) is 6.89. The average molecular weight is 274 g/mol. The fraction of sp³-hybridized carbons (Fsp3) is 0.750. The van der Waals surface area contributed by atoms with Crippen LogP contribution in [-0.4, -0.2) is 54.2 Å². The van der Waals surface area contributed by atoms with Gasteiger partial charge in [0.2, 0.25) is 0 Å². The number of nitrogens with zero attached hydrogens (tertiary/aromatic N) is 1. The van der Waals surface area contributed by atoms with Crippen LogP contribution in [0.25, 0.3) is 0 Å². The number of methoxy groups -OCH3 is 1. The molecule has 7 heteroatoms. The first kappa shape index (κ1) is 17.2. The summed E-state index contributed by atoms with van der Waals surface area (Å²) in [5.41, 5.74) is -0.820. The number of aliphatic carboxylic acids is 1. The summed E-state index contributed by atoms with van der Waals surface area (Å²) in [6.07, 6.45) is 0.581. The highest BCUT2D eigenvalue weighted by Crippen LogP contribution is 2.09. The summed E-state index contributed by atoms with van der Waals surface area (Å²) in [7, 11) is 2.90. The van der Waals surface area contributed by atoms with Gasteiger partial charge in [0.05, 0.1) is 13.5 Å². The molecule has 0 radical (unpaired) electrons. The number of hydrogen-bond donors (Lipinski definition) is 2. The number of carboxylic acid groups (broad SMARTS) is 1. The Morgan fingerprint density at radius 3 is 2.37 bits per heavy atom. The van der Waals surface area contributed by atoms with Crippen LogP contribution < -0.4 is 5.32 Å². The van der Waals surface area contributed by atoms with Crippen LogP contribution in [0.1, 0.15) is 33.1 Å². The maximum Gasteiger partial charge on any atom is 0.317 e. The van der Waals surface area contributed by atoms with Gasteiger partial charge in [-0.1, -0.05) is 0 Å². The minimum atomic E-state index is -0.973. The molecule has 0 saturated heterocycles. The SMILES string of the molecule is COC(=O)CCCN(C)C(=O)NC(C)(C)CC(=O)O. The number of esters is 1. The Labute approximate surface area is 112 Å². The van der Waals surface area contributed by atoms with Crippen molar-refractivity contribution < 1.29 is 24.2 Å². The number of carbonyl (C=O) groups is 3. The number of carboxylic acids is 1. The molecule has 0 unspecified atom stereocenters. The van der Waals surface area contributed by atoms with Gasteiger partial charge in [-0.3, -0.25) is 9.59 Å². The molecule has 2 amide bonds. The Morgan fingerprint density at radius 2 is 1.89 bits per heavy atom. The molecule has 110 valence electrons. The predicted octanol–water partition coefficient (Wildman–Crippen LogP) is 0.834. The van der Waals surface area contributed by atoms with Crippen LogP contribution in [0.15, 0.2) is 0 Å². The van der Waals surface area contributed by atoms with Gasteiger partial charge in [-0.2, -0.15) is 0 Å². The molecule has 0 atom stereocenters. The maximum atomic E-state index is 11.8. The zero-order valence-corrected chi connectivity index (χ0v) is 11.9. The van der Waals surface area contributed by atoms with Crippen molar-refractivity contribution >= 4 is 18.0 Å². The van der Waals surface area contributed by atoms with Crippen LogP contribution in [-0.2, 0) is 14.3 Å². The van der Waals surface area contributed by atoms with E-state index in [0.717, 1.165) is 0 Å². The number of ether oxygens (including phenoxy) is 1. The predicted molar refractivity (Wildman–Crippen MR) is 68.7 cm³/mol. The van der Waals surface area contributed by atoms with E-state index in [1.54, 1.807) is 20.9 Å². The van der Waals surface area contributed by atoms with E-state index < -0.39 is 11.5 Å². The lowest BCUT2D eigenvalue weighted by molar-refractivity contribution is -0.141. The van der Waals surface area contributed by atoms with E-state index in [1.807, 2.05) is 0 Å². The summed E-state index contributed by atoms with van der Waals surface area (Å²) in [6.45, 7) is 3.67. The average Bonchev–Trinajstić information content (AvgIpc) is 2.25. The van der Waals surface area contributed by atoms with Crippen molar-refractivity contribution in [2.45, 2.75) is 38.6 Å². The van der Waals surface area contributed by atoms with E-state index in [9.17, 15) is 14.4 Å². The first-order valence-electron chi connectivity index (χ1n) is 6.00. The summed E-state index contributed by atoms with van der Waals surface area (Å²) >= 11 is 0. The molecular formula is C12H22N2O5. The number of amides is 2. The number of hydrogen-bond acceptors (Lipinski definition) is 4. The second kappa shape index (κ2) is 7.60. The molecular weight excluding hydrogens is 252 g/mol. The van der Waals surface area contributed by atoms with Crippen molar-refractivity contribution in [3.8, 4) is 0 Å². The van der Waals surface area contributed by atoms with Gasteiger partial charge in [0.1, 0.15) is 0 Å². The fourth-order valence-corrected chi connectivity index (χ4v) is 1.47. The van der Waals surface area contributed by atoms with E-state index >= 15 is 0 Å². The van der Waals surface area contributed by atoms with Crippen molar-refractivity contribution in [2.24, 2.45) is 0 Å². The van der Waals surface area contributed by atoms with Gasteiger partial charge in [-0.15, -0.1) is 0 Å². The quantitative estimate of drug-likeness (QED) is 0.670. The summed E-state index contributed by atoms with van der Waals surface area (Å²) in [5.74, 6) is -1.29. The lowest BCUT2D eigenvalue weighted by Crippen LogP contribution is -2.50. The van der Waals surface area contributed by atoms with E-state index in [0.29, 0.717) is 13.0 Å².